The highest BCUT2D eigenvalue weighted by Crippen LogP contribution is 2.35. The average Bonchev–Trinajstić information content (AvgIpc) is 3.07. The first kappa shape index (κ1) is 17.1. The van der Waals surface area contributed by atoms with Crippen LogP contribution in [0, 0.1) is 10.1 Å². The molecule has 1 heterocycles. The standard InChI is InChI=1S/C18H20N2O5/c1-11-17(18(22)25-14-4-2-3-5-14)15(10-16(21)19-11)12-6-8-13(9-7-12)20(23)24/h6-9,14-15H,2-5,10H2,1H3,(H,19,21). The Morgan fingerprint density at radius 2 is 1.88 bits per heavy atom. The normalized spacial score (nSPS) is 21.2. The first-order valence-electron chi connectivity index (χ1n) is 8.41. The summed E-state index contributed by atoms with van der Waals surface area (Å²) >= 11 is 0. The van der Waals surface area contributed by atoms with Gasteiger partial charge < -0.3 is 10.1 Å². The number of hydrogen-bond acceptors (Lipinski definition) is 5. The fraction of sp³-hybridized carbons (Fsp3) is 0.444. The highest BCUT2D eigenvalue weighted by atomic mass is 16.6. The Morgan fingerprint density at radius 1 is 1.24 bits per heavy atom. The van der Waals surface area contributed by atoms with E-state index in [-0.39, 0.29) is 24.1 Å². The maximum absolute atomic E-state index is 12.7. The van der Waals surface area contributed by atoms with Crippen molar-refractivity contribution < 1.29 is 19.2 Å². The fourth-order valence-electron chi connectivity index (χ4n) is 3.51. The number of nitrogens with one attached hydrogen (secondary N) is 1. The molecule has 0 bridgehead atoms. The summed E-state index contributed by atoms with van der Waals surface area (Å²) in [5, 5.41) is 13.5. The number of esters is 1. The molecule has 1 fully saturated rings. The second kappa shape index (κ2) is 7.04. The van der Waals surface area contributed by atoms with Gasteiger partial charge in [0.15, 0.2) is 0 Å². The van der Waals surface area contributed by atoms with Gasteiger partial charge in [0.2, 0.25) is 5.91 Å². The van der Waals surface area contributed by atoms with E-state index in [4.69, 9.17) is 4.74 Å². The number of hydrogen-bond donors (Lipinski definition) is 1. The molecule has 1 aromatic rings. The van der Waals surface area contributed by atoms with Crippen LogP contribution >= 0.6 is 0 Å². The van der Waals surface area contributed by atoms with Gasteiger partial charge in [-0.05, 0) is 38.2 Å². The van der Waals surface area contributed by atoms with Crippen LogP contribution in [0.1, 0.15) is 50.5 Å². The third-order valence-electron chi connectivity index (χ3n) is 4.77. The van der Waals surface area contributed by atoms with Crippen LogP contribution in [0.25, 0.3) is 0 Å². The highest BCUT2D eigenvalue weighted by molar-refractivity contribution is 5.95. The van der Waals surface area contributed by atoms with Crippen LogP contribution in [-0.2, 0) is 14.3 Å². The van der Waals surface area contributed by atoms with Crippen molar-refractivity contribution in [3.8, 4) is 0 Å². The summed E-state index contributed by atoms with van der Waals surface area (Å²) in [5.41, 5.74) is 1.58. The number of allylic oxidation sites excluding steroid dienone is 1. The van der Waals surface area contributed by atoms with Gasteiger partial charge in [0, 0.05) is 30.2 Å². The van der Waals surface area contributed by atoms with Crippen LogP contribution in [0.5, 0.6) is 0 Å². The molecule has 7 nitrogen and oxygen atoms in total. The summed E-state index contributed by atoms with van der Waals surface area (Å²) < 4.78 is 5.61. The van der Waals surface area contributed by atoms with Crippen molar-refractivity contribution in [2.75, 3.05) is 0 Å². The van der Waals surface area contributed by atoms with Crippen molar-refractivity contribution in [3.63, 3.8) is 0 Å². The summed E-state index contributed by atoms with van der Waals surface area (Å²) in [6, 6.07) is 5.96. The average molecular weight is 344 g/mol. The minimum atomic E-state index is -0.478. The molecule has 1 N–H and O–H groups in total. The summed E-state index contributed by atoms with van der Waals surface area (Å²) in [7, 11) is 0. The maximum atomic E-state index is 12.7. The van der Waals surface area contributed by atoms with Crippen LogP contribution in [0.2, 0.25) is 0 Å². The smallest absolute Gasteiger partial charge is 0.336 e. The van der Waals surface area contributed by atoms with E-state index in [9.17, 15) is 19.7 Å². The Labute approximate surface area is 145 Å². The first-order chi connectivity index (χ1) is 12.0. The van der Waals surface area contributed by atoms with E-state index in [1.54, 1.807) is 19.1 Å². The number of nitrogens with zero attached hydrogens (tertiary/aromatic N) is 1. The van der Waals surface area contributed by atoms with Crippen LogP contribution in [-0.4, -0.2) is 22.9 Å². The zero-order chi connectivity index (χ0) is 18.0. The third kappa shape index (κ3) is 3.70. The monoisotopic (exact) mass is 344 g/mol. The zero-order valence-corrected chi connectivity index (χ0v) is 14.0. The lowest BCUT2D eigenvalue weighted by atomic mass is 9.84. The van der Waals surface area contributed by atoms with E-state index in [2.05, 4.69) is 5.32 Å². The molecule has 0 aromatic heterocycles. The Kier molecular flexibility index (Phi) is 4.83. The van der Waals surface area contributed by atoms with Gasteiger partial charge >= 0.3 is 5.97 Å². The summed E-state index contributed by atoms with van der Waals surface area (Å²) in [4.78, 5) is 35.0. The van der Waals surface area contributed by atoms with Crippen LogP contribution in [0.4, 0.5) is 5.69 Å². The van der Waals surface area contributed by atoms with Gasteiger partial charge in [0.25, 0.3) is 5.69 Å². The molecule has 0 saturated heterocycles. The number of carbonyl (C=O) groups is 2. The number of carbonyl (C=O) groups excluding carboxylic acids is 2. The number of benzene rings is 1. The van der Waals surface area contributed by atoms with Crippen LogP contribution in [0.15, 0.2) is 35.5 Å². The molecule has 1 atom stereocenters. The molecule has 2 aliphatic rings. The zero-order valence-electron chi connectivity index (χ0n) is 14.0. The lowest BCUT2D eigenvalue weighted by molar-refractivity contribution is -0.384. The molecule has 3 rings (SSSR count). The molecule has 0 radical (unpaired) electrons. The van der Waals surface area contributed by atoms with E-state index in [0.717, 1.165) is 25.7 Å². The van der Waals surface area contributed by atoms with Crippen molar-refractivity contribution in [1.82, 2.24) is 5.32 Å². The predicted molar refractivity (Wildman–Crippen MR) is 89.6 cm³/mol. The molecule has 0 spiro atoms. The number of ether oxygens (including phenoxy) is 1. The van der Waals surface area contributed by atoms with Crippen molar-refractivity contribution >= 4 is 17.6 Å². The van der Waals surface area contributed by atoms with E-state index in [0.29, 0.717) is 16.8 Å². The van der Waals surface area contributed by atoms with Gasteiger partial charge in [-0.3, -0.25) is 14.9 Å². The van der Waals surface area contributed by atoms with Crippen molar-refractivity contribution in [1.29, 1.82) is 0 Å². The van der Waals surface area contributed by atoms with Gasteiger partial charge in [-0.15, -0.1) is 0 Å². The fourth-order valence-corrected chi connectivity index (χ4v) is 3.51. The van der Waals surface area contributed by atoms with Crippen LogP contribution < -0.4 is 5.32 Å². The molecular formula is C18H20N2O5. The molecule has 7 heteroatoms. The van der Waals surface area contributed by atoms with E-state index < -0.39 is 16.8 Å². The van der Waals surface area contributed by atoms with Gasteiger partial charge in [0.1, 0.15) is 6.10 Å². The Morgan fingerprint density at radius 3 is 2.48 bits per heavy atom. The summed E-state index contributed by atoms with van der Waals surface area (Å²) in [6.07, 6.45) is 3.89. The number of nitro benzene ring substituents is 1. The Hall–Kier alpha value is -2.70. The van der Waals surface area contributed by atoms with Crippen molar-refractivity contribution in [2.24, 2.45) is 0 Å². The van der Waals surface area contributed by atoms with Gasteiger partial charge in [-0.1, -0.05) is 12.1 Å². The van der Waals surface area contributed by atoms with E-state index in [1.807, 2.05) is 0 Å². The molecule has 132 valence electrons. The Balaban J connectivity index is 1.88. The van der Waals surface area contributed by atoms with Crippen molar-refractivity contribution in [2.45, 2.75) is 51.0 Å². The largest absolute Gasteiger partial charge is 0.459 e. The van der Waals surface area contributed by atoms with E-state index in [1.165, 1.54) is 12.1 Å². The lowest BCUT2D eigenvalue weighted by Gasteiger charge is -2.27. The van der Waals surface area contributed by atoms with Crippen molar-refractivity contribution in [3.05, 3.63) is 51.2 Å². The first-order valence-corrected chi connectivity index (χ1v) is 8.41. The highest BCUT2D eigenvalue weighted by Gasteiger charge is 2.34. The molecule has 1 aromatic carbocycles. The molecule has 1 aliphatic carbocycles. The third-order valence-corrected chi connectivity index (χ3v) is 4.77. The topological polar surface area (TPSA) is 98.5 Å². The van der Waals surface area contributed by atoms with Crippen LogP contribution in [0.3, 0.4) is 0 Å². The van der Waals surface area contributed by atoms with E-state index >= 15 is 0 Å². The second-order valence-corrected chi connectivity index (χ2v) is 6.50. The van der Waals surface area contributed by atoms with Gasteiger partial charge in [0.05, 0.1) is 10.5 Å². The Bertz CT molecular complexity index is 732. The molecule has 1 saturated carbocycles. The molecule has 1 aliphatic heterocycles. The maximum Gasteiger partial charge on any atom is 0.336 e. The SMILES string of the molecule is CC1=C(C(=O)OC2CCCC2)C(c2ccc([N+](=O)[O-])cc2)CC(=O)N1. The van der Waals surface area contributed by atoms with Gasteiger partial charge in [-0.25, -0.2) is 4.79 Å². The molecule has 1 unspecified atom stereocenters. The number of non-ortho nitro benzene ring substituents is 1. The second-order valence-electron chi connectivity index (χ2n) is 6.50. The number of nitro groups is 1. The molecule has 1 amide bonds. The molecular weight excluding hydrogens is 324 g/mol. The molecule has 25 heavy (non-hydrogen) atoms. The minimum absolute atomic E-state index is 0.0280. The summed E-state index contributed by atoms with van der Waals surface area (Å²) in [5.74, 6) is -1.05. The van der Waals surface area contributed by atoms with Gasteiger partial charge in [-0.2, -0.15) is 0 Å². The lowest BCUT2D eigenvalue weighted by Crippen LogP contribution is -2.35. The predicted octanol–water partition coefficient (Wildman–Crippen LogP) is 2.96. The number of rotatable bonds is 4. The number of amides is 1. The summed E-state index contributed by atoms with van der Waals surface area (Å²) in [6.45, 7) is 1.68. The minimum Gasteiger partial charge on any atom is -0.459 e. The quantitative estimate of drug-likeness (QED) is 0.514.